The van der Waals surface area contributed by atoms with Crippen LogP contribution in [0.1, 0.15) is 82.4 Å². The number of benzene rings is 2. The quantitative estimate of drug-likeness (QED) is 0.286. The Morgan fingerprint density at radius 2 is 1.79 bits per heavy atom. The van der Waals surface area contributed by atoms with E-state index in [9.17, 15) is 18.0 Å². The Morgan fingerprint density at radius 1 is 1.03 bits per heavy atom. The maximum Gasteiger partial charge on any atom is 0.309 e. The number of sulfonamides is 1. The number of piperidine rings is 1. The summed E-state index contributed by atoms with van der Waals surface area (Å²) < 4.78 is 36.1. The van der Waals surface area contributed by atoms with Gasteiger partial charge in [-0.3, -0.25) is 9.59 Å². The van der Waals surface area contributed by atoms with Gasteiger partial charge >= 0.3 is 5.97 Å². The number of amides is 1. The molecule has 1 fully saturated rings. The summed E-state index contributed by atoms with van der Waals surface area (Å²) in [6.07, 6.45) is 6.95. The standard InChI is InChI=1S/C30H41N3O5S/c1-3-5-6-14-29(34)31-24-15-16-27(33-19-17-23(18-20-33)30(35)38-4-2)28(21-24)39(36,37)32-26-13-9-11-22-10-7-8-12-25(22)26/h7-8,10,12,15-16,21,23,26,32H,3-6,9,11,13-14,17-20H2,1-2H3,(H,31,34)/t26-/m0/s1. The number of carbonyl (C=O) groups is 2. The molecule has 9 heteroatoms. The third-order valence-corrected chi connectivity index (χ3v) is 9.16. The van der Waals surface area contributed by atoms with Crippen molar-refractivity contribution >= 4 is 33.3 Å². The highest BCUT2D eigenvalue weighted by Gasteiger charge is 2.32. The molecule has 0 radical (unpaired) electrons. The van der Waals surface area contributed by atoms with Crippen LogP contribution in [-0.4, -0.2) is 40.0 Å². The second-order valence-electron chi connectivity index (χ2n) is 10.5. The van der Waals surface area contributed by atoms with E-state index in [2.05, 4.69) is 23.0 Å². The normalized spacial score (nSPS) is 17.9. The molecule has 4 rings (SSSR count). The predicted octanol–water partition coefficient (Wildman–Crippen LogP) is 5.34. The Balaban J connectivity index is 1.60. The Kier molecular flexibility index (Phi) is 10.0. The highest BCUT2D eigenvalue weighted by Crippen LogP contribution is 2.35. The third kappa shape index (κ3) is 7.39. The molecule has 0 bridgehead atoms. The first-order chi connectivity index (χ1) is 18.8. The number of nitrogens with one attached hydrogen (secondary N) is 2. The van der Waals surface area contributed by atoms with Crippen LogP contribution in [0, 0.1) is 5.92 Å². The van der Waals surface area contributed by atoms with Crippen molar-refractivity contribution in [3.63, 3.8) is 0 Å². The number of anilines is 2. The Bertz CT molecular complexity index is 1250. The Labute approximate surface area is 232 Å². The molecule has 1 amide bonds. The van der Waals surface area contributed by atoms with E-state index >= 15 is 0 Å². The maximum absolute atomic E-state index is 14.0. The van der Waals surface area contributed by atoms with Crippen molar-refractivity contribution in [1.29, 1.82) is 0 Å². The SMILES string of the molecule is CCCCCC(=O)Nc1ccc(N2CCC(C(=O)OCC)CC2)c(S(=O)(=O)N[C@H]2CCCc3ccccc32)c1. The van der Waals surface area contributed by atoms with Crippen molar-refractivity contribution < 1.29 is 22.7 Å². The first-order valence-corrected chi connectivity index (χ1v) is 15.8. The molecule has 1 atom stereocenters. The highest BCUT2D eigenvalue weighted by atomic mass is 32.2. The summed E-state index contributed by atoms with van der Waals surface area (Å²) >= 11 is 0. The van der Waals surface area contributed by atoms with E-state index in [1.54, 1.807) is 25.1 Å². The number of rotatable bonds is 11. The molecule has 2 N–H and O–H groups in total. The lowest BCUT2D eigenvalue weighted by molar-refractivity contribution is -0.148. The van der Waals surface area contributed by atoms with Gasteiger partial charge in [-0.25, -0.2) is 13.1 Å². The van der Waals surface area contributed by atoms with Gasteiger partial charge in [0.15, 0.2) is 0 Å². The summed E-state index contributed by atoms with van der Waals surface area (Å²) in [5.41, 5.74) is 3.24. The summed E-state index contributed by atoms with van der Waals surface area (Å²) in [6.45, 7) is 5.32. The fourth-order valence-corrected chi connectivity index (χ4v) is 7.07. The molecular formula is C30H41N3O5S. The monoisotopic (exact) mass is 555 g/mol. The lowest BCUT2D eigenvalue weighted by Gasteiger charge is -2.34. The Hall–Kier alpha value is -2.91. The molecule has 2 aromatic carbocycles. The van der Waals surface area contributed by atoms with Gasteiger partial charge in [-0.1, -0.05) is 44.0 Å². The van der Waals surface area contributed by atoms with Gasteiger partial charge < -0.3 is 15.0 Å². The van der Waals surface area contributed by atoms with E-state index in [1.807, 2.05) is 23.1 Å². The van der Waals surface area contributed by atoms with Crippen LogP contribution < -0.4 is 14.9 Å². The van der Waals surface area contributed by atoms with Crippen molar-refractivity contribution in [1.82, 2.24) is 4.72 Å². The van der Waals surface area contributed by atoms with Crippen molar-refractivity contribution in [2.24, 2.45) is 5.92 Å². The van der Waals surface area contributed by atoms with E-state index in [0.717, 1.165) is 44.1 Å². The van der Waals surface area contributed by atoms with Crippen LogP contribution in [0.15, 0.2) is 47.4 Å². The molecule has 1 saturated heterocycles. The zero-order valence-electron chi connectivity index (χ0n) is 23.1. The van der Waals surface area contributed by atoms with Gasteiger partial charge in [-0.05, 0) is 74.8 Å². The van der Waals surface area contributed by atoms with Gasteiger partial charge in [0.05, 0.1) is 18.2 Å². The summed E-state index contributed by atoms with van der Waals surface area (Å²) in [5.74, 6) is -0.493. The number of ether oxygens (including phenoxy) is 1. The minimum Gasteiger partial charge on any atom is -0.466 e. The number of carbonyl (C=O) groups excluding carboxylic acids is 2. The van der Waals surface area contributed by atoms with Gasteiger partial charge in [-0.2, -0.15) is 0 Å². The van der Waals surface area contributed by atoms with Crippen LogP contribution in [0.25, 0.3) is 0 Å². The topological polar surface area (TPSA) is 105 Å². The number of fused-ring (bicyclic) bond motifs is 1. The summed E-state index contributed by atoms with van der Waals surface area (Å²) in [6, 6.07) is 12.8. The minimum atomic E-state index is -3.93. The van der Waals surface area contributed by atoms with Crippen molar-refractivity contribution in [2.45, 2.75) is 82.6 Å². The average molecular weight is 556 g/mol. The van der Waals surface area contributed by atoms with Crippen molar-refractivity contribution in [3.8, 4) is 0 Å². The van der Waals surface area contributed by atoms with Crippen LogP contribution in [0.2, 0.25) is 0 Å². The zero-order valence-corrected chi connectivity index (χ0v) is 23.9. The number of hydrogen-bond donors (Lipinski definition) is 2. The molecule has 1 aliphatic carbocycles. The number of unbranched alkanes of at least 4 members (excludes halogenated alkanes) is 2. The molecule has 0 unspecified atom stereocenters. The number of nitrogens with zero attached hydrogens (tertiary/aromatic N) is 1. The number of aryl methyl sites for hydroxylation is 1. The zero-order chi connectivity index (χ0) is 27.8. The first-order valence-electron chi connectivity index (χ1n) is 14.3. The number of hydrogen-bond acceptors (Lipinski definition) is 6. The van der Waals surface area contributed by atoms with Gasteiger partial charge in [0.25, 0.3) is 0 Å². The predicted molar refractivity (Wildman–Crippen MR) is 153 cm³/mol. The molecule has 0 saturated carbocycles. The summed E-state index contributed by atoms with van der Waals surface area (Å²) in [4.78, 5) is 26.9. The van der Waals surface area contributed by atoms with Crippen LogP contribution >= 0.6 is 0 Å². The summed E-state index contributed by atoms with van der Waals surface area (Å²) in [7, 11) is -3.93. The fourth-order valence-electron chi connectivity index (χ4n) is 5.57. The van der Waals surface area contributed by atoms with E-state index < -0.39 is 10.0 Å². The van der Waals surface area contributed by atoms with Crippen LogP contribution in [0.4, 0.5) is 11.4 Å². The van der Waals surface area contributed by atoms with Crippen molar-refractivity contribution in [2.75, 3.05) is 29.9 Å². The van der Waals surface area contributed by atoms with E-state index in [4.69, 9.17) is 4.74 Å². The van der Waals surface area contributed by atoms with E-state index in [0.29, 0.717) is 50.3 Å². The molecule has 8 nitrogen and oxygen atoms in total. The van der Waals surface area contributed by atoms with Gasteiger partial charge in [0.1, 0.15) is 4.90 Å². The van der Waals surface area contributed by atoms with E-state index in [-0.39, 0.29) is 28.7 Å². The van der Waals surface area contributed by atoms with Crippen LogP contribution in [-0.2, 0) is 30.8 Å². The van der Waals surface area contributed by atoms with Crippen LogP contribution in [0.5, 0.6) is 0 Å². The molecule has 1 aliphatic heterocycles. The second-order valence-corrected chi connectivity index (χ2v) is 12.1. The number of esters is 1. The smallest absolute Gasteiger partial charge is 0.309 e. The molecule has 0 spiro atoms. The minimum absolute atomic E-state index is 0.121. The van der Waals surface area contributed by atoms with Crippen LogP contribution in [0.3, 0.4) is 0 Å². The molecule has 1 heterocycles. The lowest BCUT2D eigenvalue weighted by Crippen LogP contribution is -2.38. The molecule has 39 heavy (non-hydrogen) atoms. The molecule has 2 aliphatic rings. The highest BCUT2D eigenvalue weighted by molar-refractivity contribution is 7.89. The Morgan fingerprint density at radius 3 is 2.54 bits per heavy atom. The average Bonchev–Trinajstić information content (AvgIpc) is 2.93. The lowest BCUT2D eigenvalue weighted by atomic mass is 9.88. The second kappa shape index (κ2) is 13.4. The molecule has 212 valence electrons. The van der Waals surface area contributed by atoms with Gasteiger partial charge in [0.2, 0.25) is 15.9 Å². The fraction of sp³-hybridized carbons (Fsp3) is 0.533. The van der Waals surface area contributed by atoms with Crippen molar-refractivity contribution in [3.05, 3.63) is 53.6 Å². The first kappa shape index (κ1) is 29.1. The largest absolute Gasteiger partial charge is 0.466 e. The molecule has 0 aromatic heterocycles. The third-order valence-electron chi connectivity index (χ3n) is 7.66. The maximum atomic E-state index is 14.0. The molecule has 2 aromatic rings. The van der Waals surface area contributed by atoms with Gasteiger partial charge in [-0.15, -0.1) is 0 Å². The summed E-state index contributed by atoms with van der Waals surface area (Å²) in [5, 5.41) is 2.89. The van der Waals surface area contributed by atoms with Gasteiger partial charge in [0, 0.05) is 31.2 Å². The molecular weight excluding hydrogens is 514 g/mol. The van der Waals surface area contributed by atoms with E-state index in [1.165, 1.54) is 5.56 Å².